The lowest BCUT2D eigenvalue weighted by molar-refractivity contribution is -0.122. The number of likely N-dealkylation sites (tertiary alicyclic amines) is 1. The summed E-state index contributed by atoms with van der Waals surface area (Å²) in [6.07, 6.45) is 6.40. The topological polar surface area (TPSA) is 45.2 Å². The molecule has 1 aromatic rings. The number of amides is 1. The van der Waals surface area contributed by atoms with Crippen LogP contribution in [-0.2, 0) is 11.3 Å². The van der Waals surface area contributed by atoms with Crippen molar-refractivity contribution >= 4 is 17.2 Å². The van der Waals surface area contributed by atoms with Crippen molar-refractivity contribution in [3.63, 3.8) is 0 Å². The van der Waals surface area contributed by atoms with Crippen molar-refractivity contribution in [1.82, 2.24) is 15.2 Å². The van der Waals surface area contributed by atoms with E-state index in [9.17, 15) is 4.79 Å². The van der Waals surface area contributed by atoms with E-state index in [-0.39, 0.29) is 5.91 Å². The normalized spacial score (nSPS) is 18.0. The summed E-state index contributed by atoms with van der Waals surface area (Å²) in [4.78, 5) is 18.3. The summed E-state index contributed by atoms with van der Waals surface area (Å²) in [5, 5.41) is 4.90. The van der Waals surface area contributed by atoms with Gasteiger partial charge in [0, 0.05) is 5.38 Å². The van der Waals surface area contributed by atoms with Gasteiger partial charge in [-0.1, -0.05) is 19.3 Å². The summed E-state index contributed by atoms with van der Waals surface area (Å²) in [5.74, 6) is 0.114. The Morgan fingerprint density at radius 3 is 2.67 bits per heavy atom. The fraction of sp³-hybridized carbons (Fsp3) is 0.692. The molecule has 1 aliphatic rings. The van der Waals surface area contributed by atoms with Crippen molar-refractivity contribution in [2.24, 2.45) is 0 Å². The number of hydrogen-bond donors (Lipinski definition) is 1. The van der Waals surface area contributed by atoms with Gasteiger partial charge in [-0.25, -0.2) is 4.98 Å². The lowest BCUT2D eigenvalue weighted by atomic mass is 10.1. The van der Waals surface area contributed by atoms with Crippen molar-refractivity contribution < 1.29 is 4.79 Å². The second-order valence-corrected chi connectivity index (χ2v) is 5.52. The number of rotatable bonds is 4. The van der Waals surface area contributed by atoms with Gasteiger partial charge in [0.2, 0.25) is 5.91 Å². The van der Waals surface area contributed by atoms with Gasteiger partial charge in [0.05, 0.1) is 24.3 Å². The smallest absolute Gasteiger partial charge is 0.234 e. The number of carbonyl (C=O) groups is 1. The molecule has 1 aliphatic heterocycles. The maximum absolute atomic E-state index is 11.8. The van der Waals surface area contributed by atoms with E-state index in [2.05, 4.69) is 15.2 Å². The van der Waals surface area contributed by atoms with Crippen LogP contribution in [0.4, 0.5) is 0 Å². The Morgan fingerprint density at radius 1 is 1.28 bits per heavy atom. The molecular weight excluding hydrogens is 246 g/mol. The summed E-state index contributed by atoms with van der Waals surface area (Å²) < 4.78 is 0. The summed E-state index contributed by atoms with van der Waals surface area (Å²) in [7, 11) is 0. The van der Waals surface area contributed by atoms with Gasteiger partial charge in [-0.3, -0.25) is 9.69 Å². The van der Waals surface area contributed by atoms with Gasteiger partial charge >= 0.3 is 0 Å². The highest BCUT2D eigenvalue weighted by Crippen LogP contribution is 2.10. The maximum Gasteiger partial charge on any atom is 0.234 e. The third-order valence-corrected chi connectivity index (χ3v) is 3.90. The molecule has 0 unspecified atom stereocenters. The lowest BCUT2D eigenvalue weighted by Gasteiger charge is -2.23. The summed E-state index contributed by atoms with van der Waals surface area (Å²) >= 11 is 1.56. The summed E-state index contributed by atoms with van der Waals surface area (Å²) in [6, 6.07) is 0. The SMILES string of the molecule is O=C(CN1CCCCCCC1)NCc1cscn1. The van der Waals surface area contributed by atoms with Crippen LogP contribution in [-0.4, -0.2) is 35.4 Å². The first-order valence-electron chi connectivity index (χ1n) is 6.71. The molecule has 100 valence electrons. The number of carbonyl (C=O) groups excluding carboxylic acids is 1. The number of thiazole rings is 1. The molecule has 5 heteroatoms. The zero-order valence-corrected chi connectivity index (χ0v) is 11.5. The van der Waals surface area contributed by atoms with E-state index in [0.29, 0.717) is 13.1 Å². The minimum absolute atomic E-state index is 0.114. The standard InChI is InChI=1S/C13H21N3OS/c17-13(14-8-12-10-18-11-15-12)9-16-6-4-2-1-3-5-7-16/h10-11H,1-9H2,(H,14,17). The second-order valence-electron chi connectivity index (χ2n) is 4.80. The Labute approximate surface area is 112 Å². The first-order chi connectivity index (χ1) is 8.84. The van der Waals surface area contributed by atoms with Crippen LogP contribution in [0.3, 0.4) is 0 Å². The van der Waals surface area contributed by atoms with Crippen LogP contribution >= 0.6 is 11.3 Å². The highest BCUT2D eigenvalue weighted by molar-refractivity contribution is 7.07. The molecular formula is C13H21N3OS. The second kappa shape index (κ2) is 7.48. The average molecular weight is 267 g/mol. The van der Waals surface area contributed by atoms with Crippen LogP contribution in [0.2, 0.25) is 0 Å². The zero-order valence-electron chi connectivity index (χ0n) is 10.7. The Bertz CT molecular complexity index is 345. The van der Waals surface area contributed by atoms with Crippen molar-refractivity contribution in [2.45, 2.75) is 38.6 Å². The molecule has 2 rings (SSSR count). The number of hydrogen-bond acceptors (Lipinski definition) is 4. The molecule has 1 saturated heterocycles. The highest BCUT2D eigenvalue weighted by atomic mass is 32.1. The molecule has 0 saturated carbocycles. The fourth-order valence-electron chi connectivity index (χ4n) is 2.24. The van der Waals surface area contributed by atoms with Crippen LogP contribution in [0.25, 0.3) is 0 Å². The van der Waals surface area contributed by atoms with E-state index < -0.39 is 0 Å². The van der Waals surface area contributed by atoms with Crippen LogP contribution in [0, 0.1) is 0 Å². The largest absolute Gasteiger partial charge is 0.349 e. The van der Waals surface area contributed by atoms with E-state index in [0.717, 1.165) is 18.8 Å². The fourth-order valence-corrected chi connectivity index (χ4v) is 2.80. The molecule has 4 nitrogen and oxygen atoms in total. The van der Waals surface area contributed by atoms with Crippen LogP contribution in [0.1, 0.15) is 37.8 Å². The molecule has 1 aromatic heterocycles. The Morgan fingerprint density at radius 2 is 2.00 bits per heavy atom. The van der Waals surface area contributed by atoms with Crippen LogP contribution in [0.15, 0.2) is 10.9 Å². The zero-order chi connectivity index (χ0) is 12.6. The Hall–Kier alpha value is -0.940. The van der Waals surface area contributed by atoms with Crippen molar-refractivity contribution in [3.05, 3.63) is 16.6 Å². The number of nitrogens with one attached hydrogen (secondary N) is 1. The molecule has 0 bridgehead atoms. The predicted molar refractivity (Wildman–Crippen MR) is 73.5 cm³/mol. The molecule has 0 aliphatic carbocycles. The molecule has 1 N–H and O–H groups in total. The van der Waals surface area contributed by atoms with Gasteiger partial charge < -0.3 is 5.32 Å². The molecule has 0 radical (unpaired) electrons. The molecule has 18 heavy (non-hydrogen) atoms. The first kappa shape index (κ1) is 13.5. The average Bonchev–Trinajstić information content (AvgIpc) is 2.83. The summed E-state index contributed by atoms with van der Waals surface area (Å²) in [5.41, 5.74) is 2.74. The van der Waals surface area contributed by atoms with Gasteiger partial charge in [-0.15, -0.1) is 11.3 Å². The third kappa shape index (κ3) is 4.74. The maximum atomic E-state index is 11.8. The quantitative estimate of drug-likeness (QED) is 0.908. The molecule has 1 amide bonds. The Kier molecular flexibility index (Phi) is 5.61. The van der Waals surface area contributed by atoms with Gasteiger partial charge in [-0.2, -0.15) is 0 Å². The third-order valence-electron chi connectivity index (χ3n) is 3.27. The number of aromatic nitrogens is 1. The first-order valence-corrected chi connectivity index (χ1v) is 7.65. The van der Waals surface area contributed by atoms with E-state index in [1.54, 1.807) is 16.8 Å². The van der Waals surface area contributed by atoms with Crippen molar-refractivity contribution in [1.29, 1.82) is 0 Å². The highest BCUT2D eigenvalue weighted by Gasteiger charge is 2.12. The molecule has 2 heterocycles. The van der Waals surface area contributed by atoms with E-state index in [4.69, 9.17) is 0 Å². The minimum Gasteiger partial charge on any atom is -0.349 e. The van der Waals surface area contributed by atoms with Crippen LogP contribution in [0.5, 0.6) is 0 Å². The van der Waals surface area contributed by atoms with Crippen molar-refractivity contribution in [2.75, 3.05) is 19.6 Å². The molecule has 1 fully saturated rings. The predicted octanol–water partition coefficient (Wildman–Crippen LogP) is 2.03. The van der Waals surface area contributed by atoms with E-state index >= 15 is 0 Å². The Balaban J connectivity index is 1.68. The molecule has 0 atom stereocenters. The minimum atomic E-state index is 0.114. The number of nitrogens with zero attached hydrogens (tertiary/aromatic N) is 2. The van der Waals surface area contributed by atoms with Gasteiger partial charge in [-0.05, 0) is 25.9 Å². The molecule has 0 spiro atoms. The van der Waals surface area contributed by atoms with Crippen molar-refractivity contribution in [3.8, 4) is 0 Å². The van der Waals surface area contributed by atoms with E-state index in [1.807, 2.05) is 5.38 Å². The van der Waals surface area contributed by atoms with Gasteiger partial charge in [0.1, 0.15) is 0 Å². The van der Waals surface area contributed by atoms with E-state index in [1.165, 1.54) is 32.1 Å². The molecule has 0 aromatic carbocycles. The summed E-state index contributed by atoms with van der Waals surface area (Å²) in [6.45, 7) is 3.20. The van der Waals surface area contributed by atoms with Gasteiger partial charge in [0.15, 0.2) is 0 Å². The lowest BCUT2D eigenvalue weighted by Crippen LogP contribution is -2.38. The monoisotopic (exact) mass is 267 g/mol. The van der Waals surface area contributed by atoms with Crippen LogP contribution < -0.4 is 5.32 Å². The van der Waals surface area contributed by atoms with Gasteiger partial charge in [0.25, 0.3) is 0 Å².